The summed E-state index contributed by atoms with van der Waals surface area (Å²) in [5, 5.41) is 12.9. The van der Waals surface area contributed by atoms with Crippen molar-refractivity contribution in [2.75, 3.05) is 13.2 Å². The Morgan fingerprint density at radius 2 is 1.40 bits per heavy atom. The molecular formula is C41H58O12. The Hall–Kier alpha value is -3.87. The van der Waals surface area contributed by atoms with Gasteiger partial charge in [0, 0.05) is 51.7 Å². The van der Waals surface area contributed by atoms with Crippen LogP contribution in [0.25, 0.3) is 0 Å². The number of benzene rings is 1. The van der Waals surface area contributed by atoms with E-state index in [4.69, 9.17) is 28.4 Å². The summed E-state index contributed by atoms with van der Waals surface area (Å²) in [5.74, 6) is -5.86. The molecule has 9 atom stereocenters. The average Bonchev–Trinajstić information content (AvgIpc) is 3.27. The fourth-order valence-electron chi connectivity index (χ4n) is 7.32. The van der Waals surface area contributed by atoms with Gasteiger partial charge >= 0.3 is 23.9 Å². The van der Waals surface area contributed by atoms with Crippen molar-refractivity contribution in [2.24, 2.45) is 29.1 Å². The lowest BCUT2D eigenvalue weighted by atomic mass is 9.72. The Morgan fingerprint density at radius 1 is 0.830 bits per heavy atom. The Morgan fingerprint density at radius 3 is 1.92 bits per heavy atom. The zero-order valence-electron chi connectivity index (χ0n) is 33.0. The maximum atomic E-state index is 14.7. The third kappa shape index (κ3) is 10.4. The zero-order chi connectivity index (χ0) is 40.1. The van der Waals surface area contributed by atoms with Gasteiger partial charge in [0.1, 0.15) is 17.3 Å². The largest absolute Gasteiger partial charge is 0.458 e. The Labute approximate surface area is 313 Å². The van der Waals surface area contributed by atoms with E-state index in [0.29, 0.717) is 0 Å². The summed E-state index contributed by atoms with van der Waals surface area (Å²) in [5.41, 5.74) is -4.79. The SMILES string of the molecule is C=C1[C@H](OC(=O)c2ccccc2)[C@@H](OC(C)=O)[C@@H](OC(C)=O)C(C)(C)/C=C/[C@H](C)C(=O)[C@@]2(O)C[C@@](C)(OC(C)=O)[C@H](OCC(C)C)[C@@H]2[C@H]1OCC(C)C. The van der Waals surface area contributed by atoms with Crippen LogP contribution in [0.2, 0.25) is 0 Å². The quantitative estimate of drug-likeness (QED) is 0.170. The van der Waals surface area contributed by atoms with E-state index in [2.05, 4.69) is 6.58 Å². The van der Waals surface area contributed by atoms with Gasteiger partial charge in [-0.2, -0.15) is 0 Å². The number of rotatable bonds is 11. The molecule has 0 amide bonds. The molecule has 1 N–H and O–H groups in total. The molecule has 1 fully saturated rings. The van der Waals surface area contributed by atoms with Crippen molar-refractivity contribution < 1.29 is 57.5 Å². The van der Waals surface area contributed by atoms with E-state index in [1.54, 1.807) is 70.2 Å². The van der Waals surface area contributed by atoms with Crippen molar-refractivity contribution in [3.8, 4) is 0 Å². The van der Waals surface area contributed by atoms with Crippen molar-refractivity contribution in [2.45, 2.75) is 124 Å². The fraction of sp³-hybridized carbons (Fsp3) is 0.634. The lowest BCUT2D eigenvalue weighted by Gasteiger charge is -2.44. The molecule has 12 heteroatoms. The van der Waals surface area contributed by atoms with Gasteiger partial charge < -0.3 is 33.5 Å². The van der Waals surface area contributed by atoms with E-state index >= 15 is 0 Å². The fourth-order valence-corrected chi connectivity index (χ4v) is 7.32. The Kier molecular flexibility index (Phi) is 14.4. The number of carbonyl (C=O) groups excluding carboxylic acids is 5. The van der Waals surface area contributed by atoms with Gasteiger partial charge in [-0.15, -0.1) is 0 Å². The summed E-state index contributed by atoms with van der Waals surface area (Å²) in [6.45, 7) is 22.5. The van der Waals surface area contributed by atoms with Crippen LogP contribution in [-0.4, -0.2) is 89.7 Å². The van der Waals surface area contributed by atoms with Crippen LogP contribution in [-0.2, 0) is 47.6 Å². The van der Waals surface area contributed by atoms with Gasteiger partial charge in [0.25, 0.3) is 0 Å². The van der Waals surface area contributed by atoms with E-state index in [1.807, 2.05) is 27.7 Å². The number of hydrogen-bond donors (Lipinski definition) is 1. The molecule has 0 radical (unpaired) electrons. The number of hydrogen-bond acceptors (Lipinski definition) is 12. The first-order chi connectivity index (χ1) is 24.5. The minimum absolute atomic E-state index is 0.00668. The molecule has 0 aliphatic heterocycles. The molecule has 0 aromatic heterocycles. The minimum atomic E-state index is -2.25. The van der Waals surface area contributed by atoms with E-state index in [-0.39, 0.29) is 42.6 Å². The van der Waals surface area contributed by atoms with Crippen LogP contribution in [0.1, 0.15) is 92.9 Å². The summed E-state index contributed by atoms with van der Waals surface area (Å²) in [6, 6.07) is 8.11. The van der Waals surface area contributed by atoms with Crippen LogP contribution in [0.15, 0.2) is 54.6 Å². The van der Waals surface area contributed by atoms with Gasteiger partial charge in [-0.1, -0.05) is 85.4 Å². The van der Waals surface area contributed by atoms with Crippen molar-refractivity contribution in [3.05, 3.63) is 60.2 Å². The number of esters is 4. The molecule has 12 nitrogen and oxygen atoms in total. The molecule has 0 unspecified atom stereocenters. The van der Waals surface area contributed by atoms with Gasteiger partial charge in [-0.05, 0) is 36.5 Å². The number of Topliss-reactive ketones (excluding diaryl/α,β-unsaturated/α-hetero) is 1. The number of ether oxygens (including phenoxy) is 6. The van der Waals surface area contributed by atoms with Crippen molar-refractivity contribution >= 4 is 29.7 Å². The molecule has 0 spiro atoms. The van der Waals surface area contributed by atoms with Gasteiger partial charge in [0.15, 0.2) is 24.1 Å². The molecule has 1 aromatic rings. The predicted molar refractivity (Wildman–Crippen MR) is 195 cm³/mol. The third-order valence-corrected chi connectivity index (χ3v) is 9.58. The number of fused-ring (bicyclic) bond motifs is 1. The third-order valence-electron chi connectivity index (χ3n) is 9.58. The summed E-state index contributed by atoms with van der Waals surface area (Å²) in [6.07, 6.45) is -3.99. The summed E-state index contributed by atoms with van der Waals surface area (Å²) in [4.78, 5) is 66.9. The Bertz CT molecular complexity index is 1530. The monoisotopic (exact) mass is 742 g/mol. The maximum absolute atomic E-state index is 14.7. The molecular weight excluding hydrogens is 684 g/mol. The van der Waals surface area contributed by atoms with E-state index in [1.165, 1.54) is 20.8 Å². The predicted octanol–water partition coefficient (Wildman–Crippen LogP) is 5.59. The first-order valence-electron chi connectivity index (χ1n) is 18.2. The van der Waals surface area contributed by atoms with Crippen molar-refractivity contribution in [1.82, 2.24) is 0 Å². The molecule has 53 heavy (non-hydrogen) atoms. The highest BCUT2D eigenvalue weighted by Crippen LogP contribution is 2.52. The highest BCUT2D eigenvalue weighted by Gasteiger charge is 2.68. The van der Waals surface area contributed by atoms with Gasteiger partial charge in [-0.25, -0.2) is 4.79 Å². The molecule has 1 aromatic carbocycles. The highest BCUT2D eigenvalue weighted by molar-refractivity contribution is 5.92. The molecule has 0 saturated heterocycles. The lowest BCUT2D eigenvalue weighted by Crippen LogP contribution is -2.58. The molecule has 3 rings (SSSR count). The number of aliphatic hydroxyl groups is 1. The van der Waals surface area contributed by atoms with Crippen LogP contribution in [0.3, 0.4) is 0 Å². The number of carbonyl (C=O) groups is 5. The average molecular weight is 743 g/mol. The molecule has 0 bridgehead atoms. The van der Waals surface area contributed by atoms with E-state index in [9.17, 15) is 29.1 Å². The first-order valence-corrected chi connectivity index (χ1v) is 18.2. The molecule has 2 aliphatic carbocycles. The van der Waals surface area contributed by atoms with Crippen LogP contribution < -0.4 is 0 Å². The van der Waals surface area contributed by atoms with Crippen molar-refractivity contribution in [3.63, 3.8) is 0 Å². The summed E-state index contributed by atoms with van der Waals surface area (Å²) in [7, 11) is 0. The van der Waals surface area contributed by atoms with Gasteiger partial charge in [0.05, 0.1) is 17.6 Å². The Balaban J connectivity index is 2.49. The smallest absolute Gasteiger partial charge is 0.338 e. The van der Waals surface area contributed by atoms with Crippen LogP contribution in [0.5, 0.6) is 0 Å². The van der Waals surface area contributed by atoms with Gasteiger partial charge in [-0.3, -0.25) is 19.2 Å². The second kappa shape index (κ2) is 17.5. The standard InChI is InChI=1S/C41H58O12/c1-23(2)20-48-32-26(6)33(52-38(46)30-16-14-13-15-17-30)34(50-27(7)42)37(51-28(8)43)39(10,11)19-18-25(5)35(45)41(47)22-40(12,53-29(9)44)36(31(32)41)49-21-24(3)4/h13-19,23-25,31-34,36-37,47H,6,20-22H2,1-5,7-12H3/b19-18+/t25-,31-,32-,33-,34+,36+,37+,40+,41+/m0/s1. The number of ketones is 1. The van der Waals surface area contributed by atoms with Crippen LogP contribution in [0.4, 0.5) is 0 Å². The molecule has 0 heterocycles. The van der Waals surface area contributed by atoms with E-state index in [0.717, 1.165) is 0 Å². The van der Waals surface area contributed by atoms with Crippen molar-refractivity contribution in [1.29, 1.82) is 0 Å². The van der Waals surface area contributed by atoms with Crippen LogP contribution >= 0.6 is 0 Å². The molecule has 2 aliphatic rings. The van der Waals surface area contributed by atoms with Gasteiger partial charge in [0.2, 0.25) is 0 Å². The topological polar surface area (TPSA) is 161 Å². The second-order valence-electron chi connectivity index (χ2n) is 16.0. The second-order valence-corrected chi connectivity index (χ2v) is 16.0. The highest BCUT2D eigenvalue weighted by atomic mass is 16.6. The summed E-state index contributed by atoms with van der Waals surface area (Å²) >= 11 is 0. The molecule has 1 saturated carbocycles. The van der Waals surface area contributed by atoms with E-state index < -0.39 is 88.6 Å². The molecule has 294 valence electrons. The summed E-state index contributed by atoms with van der Waals surface area (Å²) < 4.78 is 37.1. The lowest BCUT2D eigenvalue weighted by molar-refractivity contribution is -0.186. The normalized spacial score (nSPS) is 32.2. The first kappa shape index (κ1) is 43.5. The minimum Gasteiger partial charge on any atom is -0.458 e. The van der Waals surface area contributed by atoms with Crippen LogP contribution in [0, 0.1) is 29.1 Å². The maximum Gasteiger partial charge on any atom is 0.338 e. The zero-order valence-corrected chi connectivity index (χ0v) is 33.0. The number of allylic oxidation sites excluding steroid dienone is 1.